The van der Waals surface area contributed by atoms with Crippen LogP contribution < -0.4 is 16.8 Å². The van der Waals surface area contributed by atoms with Crippen molar-refractivity contribution in [1.82, 2.24) is 5.32 Å². The number of hydrogen-bond acceptors (Lipinski definition) is 3. The summed E-state index contributed by atoms with van der Waals surface area (Å²) in [4.78, 5) is 12.7. The minimum Gasteiger partial charge on any atom is -0.405 e. The fourth-order valence-corrected chi connectivity index (χ4v) is 6.36. The third-order valence-corrected chi connectivity index (χ3v) is 8.73. The number of unbranched alkanes of at least 4 members (excludes halogenated alkanes) is 1. The molecule has 7 N–H and O–H groups in total. The van der Waals surface area contributed by atoms with Crippen LogP contribution in [0.1, 0.15) is 58.4 Å². The van der Waals surface area contributed by atoms with Gasteiger partial charge in [-0.05, 0) is 74.0 Å². The molecular weight excluding hydrogens is 420 g/mol. The first-order chi connectivity index (χ1) is 15.6. The predicted molar refractivity (Wildman–Crippen MR) is 125 cm³/mol. The van der Waals surface area contributed by atoms with E-state index in [2.05, 4.69) is 37.6 Å². The van der Waals surface area contributed by atoms with Crippen LogP contribution in [-0.2, 0) is 20.5 Å². The fourth-order valence-electron chi connectivity index (χ4n) is 6.36. The fraction of sp³-hybridized carbons (Fsp3) is 0.720. The van der Waals surface area contributed by atoms with E-state index in [1.807, 2.05) is 0 Å². The second kappa shape index (κ2) is 9.64. The monoisotopic (exact) mass is 461 g/mol. The van der Waals surface area contributed by atoms with E-state index in [9.17, 15) is 9.18 Å². The number of benzene rings is 1. The molecule has 6 nitrogen and oxygen atoms in total. The lowest BCUT2D eigenvalue weighted by atomic mass is 9.43. The van der Waals surface area contributed by atoms with Gasteiger partial charge in [0.1, 0.15) is 5.82 Å². The summed E-state index contributed by atoms with van der Waals surface area (Å²) in [5, 5.41) is 3.10. The Morgan fingerprint density at radius 2 is 1.97 bits per heavy atom. The molecular formula is C25H41BFN3O3+2. The third kappa shape index (κ3) is 4.85. The zero-order chi connectivity index (χ0) is 23.8. The SMILES string of the molecule is CC1(C)C2CC3OB([C@@H](CNC(=O)[C@@H]([NH3+])CCCC[NH3+])Cc4ccc(F)cc4)O[C@]3(C)C1C2. The Labute approximate surface area is 197 Å². The minimum atomic E-state index is -0.394. The lowest BCUT2D eigenvalue weighted by Gasteiger charge is -2.64. The second-order valence-corrected chi connectivity index (χ2v) is 11.2. The highest BCUT2D eigenvalue weighted by Crippen LogP contribution is 2.66. The van der Waals surface area contributed by atoms with Gasteiger partial charge in [-0.3, -0.25) is 4.79 Å². The van der Waals surface area contributed by atoms with Gasteiger partial charge in [-0.2, -0.15) is 0 Å². The van der Waals surface area contributed by atoms with Crippen LogP contribution in [0.3, 0.4) is 0 Å². The first-order valence-electron chi connectivity index (χ1n) is 12.6. The van der Waals surface area contributed by atoms with Crippen molar-refractivity contribution in [2.75, 3.05) is 13.1 Å². The molecule has 5 rings (SSSR count). The van der Waals surface area contributed by atoms with Crippen LogP contribution >= 0.6 is 0 Å². The molecule has 0 spiro atoms. The molecule has 0 aromatic heterocycles. The average Bonchev–Trinajstić information content (AvgIpc) is 3.14. The summed E-state index contributed by atoms with van der Waals surface area (Å²) >= 11 is 0. The molecule has 3 saturated carbocycles. The third-order valence-electron chi connectivity index (χ3n) is 8.73. The van der Waals surface area contributed by atoms with Gasteiger partial charge >= 0.3 is 7.12 Å². The van der Waals surface area contributed by atoms with Gasteiger partial charge in [-0.25, -0.2) is 4.39 Å². The number of halogens is 1. The Morgan fingerprint density at radius 3 is 2.64 bits per heavy atom. The predicted octanol–water partition coefficient (Wildman–Crippen LogP) is 1.61. The molecule has 1 aromatic rings. The molecule has 0 radical (unpaired) electrons. The Hall–Kier alpha value is -1.48. The van der Waals surface area contributed by atoms with Gasteiger partial charge in [0.15, 0.2) is 6.04 Å². The normalized spacial score (nSPS) is 31.5. The summed E-state index contributed by atoms with van der Waals surface area (Å²) in [5.74, 6) is 0.822. The number of carbonyl (C=O) groups excluding carboxylic acids is 1. The van der Waals surface area contributed by atoms with Crippen molar-refractivity contribution in [1.29, 1.82) is 0 Å². The topological polar surface area (TPSA) is 103 Å². The van der Waals surface area contributed by atoms with Gasteiger partial charge in [-0.15, -0.1) is 0 Å². The number of rotatable bonds is 10. The molecule has 8 heteroatoms. The van der Waals surface area contributed by atoms with Crippen LogP contribution in [0.2, 0.25) is 5.82 Å². The quantitative estimate of drug-likeness (QED) is 0.364. The first-order valence-corrected chi connectivity index (χ1v) is 12.6. The molecule has 1 amide bonds. The van der Waals surface area contributed by atoms with Crippen LogP contribution in [-0.4, -0.2) is 43.9 Å². The van der Waals surface area contributed by atoms with Gasteiger partial charge in [0.25, 0.3) is 5.91 Å². The van der Waals surface area contributed by atoms with E-state index < -0.39 is 7.12 Å². The number of quaternary nitrogens is 2. The van der Waals surface area contributed by atoms with Crippen molar-refractivity contribution < 1.29 is 30.0 Å². The molecule has 3 unspecified atom stereocenters. The molecule has 33 heavy (non-hydrogen) atoms. The molecule has 3 aliphatic carbocycles. The molecule has 1 aromatic carbocycles. The maximum absolute atomic E-state index is 13.4. The van der Waals surface area contributed by atoms with Gasteiger partial charge in [0.05, 0.1) is 18.2 Å². The van der Waals surface area contributed by atoms with E-state index in [1.54, 1.807) is 12.1 Å². The molecule has 182 valence electrons. The zero-order valence-corrected chi connectivity index (χ0v) is 20.4. The minimum absolute atomic E-state index is 0.0341. The molecule has 4 fully saturated rings. The number of nitrogens with one attached hydrogen (secondary N) is 1. The molecule has 2 bridgehead atoms. The Morgan fingerprint density at radius 1 is 1.24 bits per heavy atom. The van der Waals surface area contributed by atoms with Crippen LogP contribution in [0.25, 0.3) is 0 Å². The standard InChI is InChI=1S/C25H39BFN3O3/c1-24(2)17-13-21(24)25(3)22(14-17)32-26(33-25)18(12-16-7-9-19(27)10-8-16)15-30-23(31)20(29)6-4-5-11-28/h7-10,17-18,20-22H,4-6,11-15,28-29H2,1-3H3,(H,30,31)/p+2/t17?,18-,20+,21?,22?,25-/m1/s1. The summed E-state index contributed by atoms with van der Waals surface area (Å²) in [7, 11) is -0.394. The van der Waals surface area contributed by atoms with Gasteiger partial charge in [0.2, 0.25) is 0 Å². The maximum Gasteiger partial charge on any atom is 0.463 e. The van der Waals surface area contributed by atoms with Crippen molar-refractivity contribution in [3.05, 3.63) is 35.6 Å². The average molecular weight is 461 g/mol. The van der Waals surface area contributed by atoms with Crippen molar-refractivity contribution in [3.63, 3.8) is 0 Å². The molecule has 1 aliphatic heterocycles. The van der Waals surface area contributed by atoms with Crippen molar-refractivity contribution in [2.45, 2.75) is 82.9 Å². The smallest absolute Gasteiger partial charge is 0.405 e. The number of amides is 1. The summed E-state index contributed by atoms with van der Waals surface area (Å²) < 4.78 is 26.7. The first kappa shape index (κ1) is 24.6. The van der Waals surface area contributed by atoms with E-state index in [0.29, 0.717) is 24.8 Å². The van der Waals surface area contributed by atoms with E-state index in [4.69, 9.17) is 9.31 Å². The van der Waals surface area contributed by atoms with Gasteiger partial charge in [-0.1, -0.05) is 26.0 Å². The van der Waals surface area contributed by atoms with Crippen molar-refractivity contribution >= 4 is 13.0 Å². The summed E-state index contributed by atoms with van der Waals surface area (Å²) in [6.45, 7) is 8.24. The van der Waals surface area contributed by atoms with Gasteiger partial charge in [0, 0.05) is 18.8 Å². The highest BCUT2D eigenvalue weighted by molar-refractivity contribution is 6.47. The van der Waals surface area contributed by atoms with Crippen molar-refractivity contribution in [2.24, 2.45) is 17.3 Å². The molecule has 4 aliphatic rings. The molecule has 1 heterocycles. The lowest BCUT2D eigenvalue weighted by Crippen LogP contribution is -2.67. The van der Waals surface area contributed by atoms with Gasteiger partial charge < -0.3 is 26.1 Å². The second-order valence-electron chi connectivity index (χ2n) is 11.2. The van der Waals surface area contributed by atoms with E-state index in [0.717, 1.165) is 37.8 Å². The van der Waals surface area contributed by atoms with E-state index >= 15 is 0 Å². The van der Waals surface area contributed by atoms with Crippen LogP contribution in [0, 0.1) is 23.1 Å². The lowest BCUT2D eigenvalue weighted by molar-refractivity contribution is -0.406. The summed E-state index contributed by atoms with van der Waals surface area (Å²) in [6.07, 6.45) is 5.69. The summed E-state index contributed by atoms with van der Waals surface area (Å²) in [6, 6.07) is 6.29. The zero-order valence-electron chi connectivity index (χ0n) is 20.4. The Kier molecular flexibility index (Phi) is 7.20. The summed E-state index contributed by atoms with van der Waals surface area (Å²) in [5.41, 5.74) is 8.89. The molecule has 1 saturated heterocycles. The maximum atomic E-state index is 13.4. The highest BCUT2D eigenvalue weighted by Gasteiger charge is 2.68. The van der Waals surface area contributed by atoms with Crippen LogP contribution in [0.15, 0.2) is 24.3 Å². The largest absolute Gasteiger partial charge is 0.463 e. The van der Waals surface area contributed by atoms with Crippen molar-refractivity contribution in [3.8, 4) is 0 Å². The number of hydrogen-bond donors (Lipinski definition) is 3. The highest BCUT2D eigenvalue weighted by atomic mass is 19.1. The van der Waals surface area contributed by atoms with E-state index in [1.165, 1.54) is 18.6 Å². The Balaban J connectivity index is 1.44. The van der Waals surface area contributed by atoms with E-state index in [-0.39, 0.29) is 40.7 Å². The molecule has 6 atom stereocenters. The Bertz CT molecular complexity index is 839. The number of carbonyl (C=O) groups is 1. The van der Waals surface area contributed by atoms with Crippen LogP contribution in [0.4, 0.5) is 4.39 Å². The van der Waals surface area contributed by atoms with Crippen LogP contribution in [0.5, 0.6) is 0 Å².